The molecular formula is C24H23N7O3S. The number of urea groups is 1. The van der Waals surface area contributed by atoms with Gasteiger partial charge in [-0.25, -0.2) is 14.8 Å². The van der Waals surface area contributed by atoms with Crippen molar-refractivity contribution < 1.29 is 14.1 Å². The first-order valence-corrected chi connectivity index (χ1v) is 11.7. The van der Waals surface area contributed by atoms with Gasteiger partial charge in [-0.1, -0.05) is 49.4 Å². The monoisotopic (exact) mass is 489 g/mol. The molecule has 11 heteroatoms. The summed E-state index contributed by atoms with van der Waals surface area (Å²) < 4.78 is 7.29. The number of carbonyl (C=O) groups excluding carboxylic acids is 2. The zero-order chi connectivity index (χ0) is 24.6. The van der Waals surface area contributed by atoms with Crippen LogP contribution >= 0.6 is 11.3 Å². The summed E-state index contributed by atoms with van der Waals surface area (Å²) in [5.41, 5.74) is 3.12. The number of amides is 2. The minimum atomic E-state index is -0.407. The topological polar surface area (TPSA) is 126 Å². The predicted octanol–water partition coefficient (Wildman–Crippen LogP) is 5.15. The van der Waals surface area contributed by atoms with Crippen LogP contribution in [-0.2, 0) is 10.2 Å². The number of hydrogen-bond donors (Lipinski definition) is 3. The van der Waals surface area contributed by atoms with Crippen LogP contribution in [0.3, 0.4) is 0 Å². The standard InChI is InChI=1S/C24H23N7O3S/c1-24(2,3)18-12-20(30-34-18)29-22(33)26-15-6-4-14(5-7-15)16-13-31-17-8-9-19(25-10-11-32)28-21(17)35-23(31)27-16/h4-9,11-13H,10H2,1-3H3,(H,25,28)(H2,26,29,30,33). The highest BCUT2D eigenvalue weighted by molar-refractivity contribution is 7.23. The van der Waals surface area contributed by atoms with Crippen LogP contribution < -0.4 is 16.0 Å². The first kappa shape index (κ1) is 22.5. The fraction of sp³-hybridized carbons (Fsp3) is 0.208. The molecule has 0 aliphatic rings. The van der Waals surface area contributed by atoms with Crippen molar-refractivity contribution in [3.8, 4) is 11.3 Å². The Morgan fingerprint density at radius 3 is 2.60 bits per heavy atom. The lowest BCUT2D eigenvalue weighted by atomic mass is 9.93. The van der Waals surface area contributed by atoms with E-state index in [-0.39, 0.29) is 12.0 Å². The fourth-order valence-corrected chi connectivity index (χ4v) is 4.44. The van der Waals surface area contributed by atoms with Gasteiger partial charge in [-0.15, -0.1) is 0 Å². The van der Waals surface area contributed by atoms with Gasteiger partial charge in [0, 0.05) is 28.9 Å². The van der Waals surface area contributed by atoms with Gasteiger partial charge in [-0.05, 0) is 24.3 Å². The van der Waals surface area contributed by atoms with Gasteiger partial charge in [0.25, 0.3) is 0 Å². The van der Waals surface area contributed by atoms with Gasteiger partial charge < -0.3 is 20.0 Å². The highest BCUT2D eigenvalue weighted by atomic mass is 32.1. The summed E-state index contributed by atoms with van der Waals surface area (Å²) >= 11 is 1.47. The number of benzene rings is 1. The Bertz CT molecular complexity index is 1530. The van der Waals surface area contributed by atoms with Gasteiger partial charge in [0.15, 0.2) is 10.8 Å². The van der Waals surface area contributed by atoms with E-state index < -0.39 is 6.03 Å². The molecule has 4 aromatic heterocycles. The number of pyridine rings is 1. The summed E-state index contributed by atoms with van der Waals surface area (Å²) in [6.45, 7) is 6.24. The first-order valence-electron chi connectivity index (χ1n) is 10.9. The number of nitrogens with zero attached hydrogens (tertiary/aromatic N) is 4. The van der Waals surface area contributed by atoms with E-state index >= 15 is 0 Å². The van der Waals surface area contributed by atoms with E-state index in [2.05, 4.69) is 26.1 Å². The second-order valence-corrected chi connectivity index (χ2v) is 9.89. The number of thiazole rings is 1. The number of aromatic nitrogens is 4. The van der Waals surface area contributed by atoms with Crippen molar-refractivity contribution in [1.82, 2.24) is 19.5 Å². The summed E-state index contributed by atoms with van der Waals surface area (Å²) in [7, 11) is 0. The Hall–Kier alpha value is -4.25. The van der Waals surface area contributed by atoms with Crippen molar-refractivity contribution in [3.05, 3.63) is 54.4 Å². The van der Waals surface area contributed by atoms with Crippen LogP contribution in [0.5, 0.6) is 0 Å². The smallest absolute Gasteiger partial charge is 0.324 e. The molecule has 5 rings (SSSR count). The molecule has 1 aromatic carbocycles. The van der Waals surface area contributed by atoms with Crippen LogP contribution in [0.2, 0.25) is 0 Å². The highest BCUT2D eigenvalue weighted by Gasteiger charge is 2.20. The number of anilines is 3. The van der Waals surface area contributed by atoms with Crippen LogP contribution in [-0.4, -0.2) is 38.4 Å². The molecule has 10 nitrogen and oxygen atoms in total. The summed E-state index contributed by atoms with van der Waals surface area (Å²) in [5.74, 6) is 1.70. The molecule has 0 bridgehead atoms. The summed E-state index contributed by atoms with van der Waals surface area (Å²) in [6.07, 6.45) is 2.76. The average Bonchev–Trinajstić information content (AvgIpc) is 3.52. The second-order valence-electron chi connectivity index (χ2n) is 8.93. The number of fused-ring (bicyclic) bond motifs is 3. The van der Waals surface area contributed by atoms with Crippen LogP contribution in [0.15, 0.2) is 53.2 Å². The van der Waals surface area contributed by atoms with Gasteiger partial charge in [0.05, 0.1) is 17.8 Å². The third-order valence-electron chi connectivity index (χ3n) is 5.26. The van der Waals surface area contributed by atoms with Crippen molar-refractivity contribution in [2.24, 2.45) is 0 Å². The first-order chi connectivity index (χ1) is 16.8. The van der Waals surface area contributed by atoms with Crippen molar-refractivity contribution in [2.75, 3.05) is 22.5 Å². The molecule has 0 aliphatic heterocycles. The van der Waals surface area contributed by atoms with Gasteiger partial charge in [0.2, 0.25) is 0 Å². The Morgan fingerprint density at radius 2 is 1.89 bits per heavy atom. The van der Waals surface area contributed by atoms with Crippen molar-refractivity contribution >= 4 is 56.3 Å². The lowest BCUT2D eigenvalue weighted by Crippen LogP contribution is -2.19. The third-order valence-corrected chi connectivity index (χ3v) is 6.22. The van der Waals surface area contributed by atoms with Gasteiger partial charge in [-0.2, -0.15) is 0 Å². The minimum absolute atomic E-state index is 0.194. The second kappa shape index (κ2) is 8.84. The molecule has 0 radical (unpaired) electrons. The predicted molar refractivity (Wildman–Crippen MR) is 136 cm³/mol. The van der Waals surface area contributed by atoms with Crippen LogP contribution in [0.1, 0.15) is 26.5 Å². The zero-order valence-corrected chi connectivity index (χ0v) is 20.1. The number of hydrogen-bond acceptors (Lipinski definition) is 8. The van der Waals surface area contributed by atoms with E-state index in [1.807, 2.05) is 67.8 Å². The summed E-state index contributed by atoms with van der Waals surface area (Å²) in [5, 5.41) is 12.3. The van der Waals surface area contributed by atoms with E-state index in [1.54, 1.807) is 6.07 Å². The number of imidazole rings is 1. The number of carbonyl (C=O) groups is 2. The normalized spacial score (nSPS) is 11.6. The number of nitrogens with one attached hydrogen (secondary N) is 3. The maximum absolute atomic E-state index is 12.3. The van der Waals surface area contributed by atoms with E-state index in [4.69, 9.17) is 9.51 Å². The van der Waals surface area contributed by atoms with Crippen LogP contribution in [0.25, 0.3) is 26.6 Å². The molecule has 0 fully saturated rings. The SMILES string of the molecule is CC(C)(C)c1cc(NC(=O)Nc2ccc(-c3cn4c(n3)sc3nc(NCC=O)ccc34)cc2)no1. The maximum atomic E-state index is 12.3. The largest absolute Gasteiger partial charge is 0.363 e. The molecule has 5 aromatic rings. The van der Waals surface area contributed by atoms with Crippen LogP contribution in [0, 0.1) is 0 Å². The molecule has 178 valence electrons. The molecule has 0 spiro atoms. The summed E-state index contributed by atoms with van der Waals surface area (Å²) in [4.78, 5) is 33.8. The highest BCUT2D eigenvalue weighted by Crippen LogP contribution is 2.30. The average molecular weight is 490 g/mol. The zero-order valence-electron chi connectivity index (χ0n) is 19.3. The van der Waals surface area contributed by atoms with E-state index in [9.17, 15) is 9.59 Å². The Kier molecular flexibility index (Phi) is 5.69. The Labute approximate surface area is 204 Å². The molecule has 0 saturated carbocycles. The van der Waals surface area contributed by atoms with Crippen molar-refractivity contribution in [3.63, 3.8) is 0 Å². The molecule has 4 heterocycles. The Morgan fingerprint density at radius 1 is 1.09 bits per heavy atom. The quantitative estimate of drug-likeness (QED) is 0.282. The fourth-order valence-electron chi connectivity index (χ4n) is 3.46. The molecule has 0 aliphatic carbocycles. The van der Waals surface area contributed by atoms with Crippen molar-refractivity contribution in [2.45, 2.75) is 26.2 Å². The van der Waals surface area contributed by atoms with E-state index in [0.717, 1.165) is 32.9 Å². The molecule has 0 unspecified atom stereocenters. The maximum Gasteiger partial charge on any atom is 0.324 e. The number of aldehydes is 1. The summed E-state index contributed by atoms with van der Waals surface area (Å²) in [6, 6.07) is 12.5. The van der Waals surface area contributed by atoms with Crippen molar-refractivity contribution in [1.29, 1.82) is 0 Å². The number of rotatable bonds is 6. The Balaban J connectivity index is 1.28. The van der Waals surface area contributed by atoms with E-state index in [0.29, 0.717) is 23.1 Å². The minimum Gasteiger partial charge on any atom is -0.363 e. The molecule has 0 atom stereocenters. The van der Waals surface area contributed by atoms with Crippen LogP contribution in [0.4, 0.5) is 22.1 Å². The molecular weight excluding hydrogens is 466 g/mol. The van der Waals surface area contributed by atoms with Gasteiger partial charge >= 0.3 is 6.03 Å². The van der Waals surface area contributed by atoms with Gasteiger partial charge in [0.1, 0.15) is 22.7 Å². The van der Waals surface area contributed by atoms with E-state index in [1.165, 1.54) is 11.3 Å². The lowest BCUT2D eigenvalue weighted by molar-refractivity contribution is -0.106. The molecule has 35 heavy (non-hydrogen) atoms. The molecule has 0 saturated heterocycles. The lowest BCUT2D eigenvalue weighted by Gasteiger charge is -2.12. The molecule has 3 N–H and O–H groups in total. The molecule has 2 amide bonds. The van der Waals surface area contributed by atoms with Gasteiger partial charge in [-0.3, -0.25) is 9.72 Å². The third kappa shape index (κ3) is 4.71.